The first kappa shape index (κ1) is 8.43. The monoisotopic (exact) mass is 191 g/mol. The fourth-order valence-electron chi connectivity index (χ4n) is 0.642. The molecule has 0 aliphatic carbocycles. The van der Waals surface area contributed by atoms with E-state index in [4.69, 9.17) is 28.9 Å². The van der Waals surface area contributed by atoms with E-state index < -0.39 is 0 Å². The van der Waals surface area contributed by atoms with Crippen LogP contribution in [0.25, 0.3) is 0 Å². The summed E-state index contributed by atoms with van der Waals surface area (Å²) in [6, 6.07) is 0. The molecule has 0 aromatic carbocycles. The van der Waals surface area contributed by atoms with Gasteiger partial charge in [-0.2, -0.15) is 5.10 Å². The third-order valence-corrected chi connectivity index (χ3v) is 1.39. The Morgan fingerprint density at radius 1 is 1.73 bits per heavy atom. The molecular formula is C6H7Cl2N3. The van der Waals surface area contributed by atoms with Crippen molar-refractivity contribution in [3.05, 3.63) is 23.0 Å². The summed E-state index contributed by atoms with van der Waals surface area (Å²) < 4.78 is 1.87. The van der Waals surface area contributed by atoms with Gasteiger partial charge in [-0.15, -0.1) is 0 Å². The Morgan fingerprint density at radius 3 is 2.91 bits per heavy atom. The second-order valence-corrected chi connectivity index (χ2v) is 3.00. The summed E-state index contributed by atoms with van der Waals surface area (Å²) in [5.41, 5.74) is 6.04. The van der Waals surface area contributed by atoms with Crippen molar-refractivity contribution in [2.75, 3.05) is 5.73 Å². The summed E-state index contributed by atoms with van der Waals surface area (Å²) >= 11 is 10.8. The van der Waals surface area contributed by atoms with Gasteiger partial charge in [0.1, 0.15) is 4.49 Å². The molecule has 0 aliphatic rings. The number of nitrogens with zero attached hydrogens (tertiary/aromatic N) is 2. The summed E-state index contributed by atoms with van der Waals surface area (Å²) in [5, 5.41) is 3.92. The van der Waals surface area contributed by atoms with E-state index in [-0.39, 0.29) is 4.49 Å². The van der Waals surface area contributed by atoms with Crippen LogP contribution >= 0.6 is 23.2 Å². The Kier molecular flexibility index (Phi) is 2.79. The Labute approximate surface area is 74.4 Å². The molecule has 0 saturated carbocycles. The maximum Gasteiger partial charge on any atom is 0.104 e. The Balaban J connectivity index is 2.58. The standard InChI is InChI=1S/C6H7Cl2N3/c7-6(8)1-2-11-4-5(9)3-10-11/h1,3-4H,2,9H2. The van der Waals surface area contributed by atoms with E-state index in [1.54, 1.807) is 23.2 Å². The predicted molar refractivity (Wildman–Crippen MR) is 46.4 cm³/mol. The summed E-state index contributed by atoms with van der Waals surface area (Å²) in [6.45, 7) is 0.541. The summed E-state index contributed by atoms with van der Waals surface area (Å²) in [6.07, 6.45) is 4.90. The van der Waals surface area contributed by atoms with Crippen molar-refractivity contribution >= 4 is 28.9 Å². The first-order chi connectivity index (χ1) is 5.18. The molecule has 2 N–H and O–H groups in total. The van der Waals surface area contributed by atoms with E-state index in [1.165, 1.54) is 0 Å². The molecule has 5 heteroatoms. The van der Waals surface area contributed by atoms with Crippen molar-refractivity contribution < 1.29 is 0 Å². The van der Waals surface area contributed by atoms with Crippen LogP contribution in [0.3, 0.4) is 0 Å². The summed E-state index contributed by atoms with van der Waals surface area (Å²) in [5.74, 6) is 0. The van der Waals surface area contributed by atoms with Crippen LogP contribution in [0, 0.1) is 0 Å². The maximum absolute atomic E-state index is 5.41. The summed E-state index contributed by atoms with van der Waals surface area (Å²) in [7, 11) is 0. The van der Waals surface area contributed by atoms with Crippen LogP contribution in [0.4, 0.5) is 5.69 Å². The first-order valence-corrected chi connectivity index (χ1v) is 3.73. The molecule has 0 radical (unpaired) electrons. The number of rotatable bonds is 2. The molecule has 60 valence electrons. The van der Waals surface area contributed by atoms with Crippen LogP contribution in [-0.4, -0.2) is 9.78 Å². The topological polar surface area (TPSA) is 43.8 Å². The van der Waals surface area contributed by atoms with Gasteiger partial charge in [0.2, 0.25) is 0 Å². The van der Waals surface area contributed by atoms with E-state index in [2.05, 4.69) is 5.10 Å². The normalized spacial score (nSPS) is 9.64. The number of allylic oxidation sites excluding steroid dienone is 1. The van der Waals surface area contributed by atoms with Gasteiger partial charge in [0, 0.05) is 6.20 Å². The van der Waals surface area contributed by atoms with Crippen molar-refractivity contribution in [3.63, 3.8) is 0 Å². The fourth-order valence-corrected chi connectivity index (χ4v) is 0.780. The van der Waals surface area contributed by atoms with Gasteiger partial charge in [-0.1, -0.05) is 23.2 Å². The van der Waals surface area contributed by atoms with Crippen LogP contribution in [0.1, 0.15) is 0 Å². The zero-order chi connectivity index (χ0) is 8.27. The highest BCUT2D eigenvalue weighted by Gasteiger charge is 1.91. The third kappa shape index (κ3) is 2.82. The Morgan fingerprint density at radius 2 is 2.45 bits per heavy atom. The van der Waals surface area contributed by atoms with E-state index in [0.717, 1.165) is 0 Å². The van der Waals surface area contributed by atoms with Gasteiger partial charge in [0.05, 0.1) is 18.4 Å². The highest BCUT2D eigenvalue weighted by Crippen LogP contribution is 2.06. The quantitative estimate of drug-likeness (QED) is 0.775. The molecule has 0 aliphatic heterocycles. The minimum Gasteiger partial charge on any atom is -0.396 e. The minimum atomic E-state index is 0.235. The highest BCUT2D eigenvalue weighted by atomic mass is 35.5. The number of hydrogen-bond acceptors (Lipinski definition) is 2. The molecule has 0 fully saturated rings. The van der Waals surface area contributed by atoms with Gasteiger partial charge < -0.3 is 5.73 Å². The molecule has 1 aromatic heterocycles. The van der Waals surface area contributed by atoms with Crippen LogP contribution in [-0.2, 0) is 6.54 Å². The van der Waals surface area contributed by atoms with Crippen molar-refractivity contribution in [1.82, 2.24) is 9.78 Å². The molecule has 0 bridgehead atoms. The summed E-state index contributed by atoms with van der Waals surface area (Å²) in [4.78, 5) is 0. The number of anilines is 1. The Hall–Kier alpha value is -0.670. The van der Waals surface area contributed by atoms with Gasteiger partial charge in [-0.3, -0.25) is 4.68 Å². The second kappa shape index (κ2) is 3.64. The number of aromatic nitrogens is 2. The number of hydrogen-bond donors (Lipinski definition) is 1. The van der Waals surface area contributed by atoms with Crippen molar-refractivity contribution in [3.8, 4) is 0 Å². The minimum absolute atomic E-state index is 0.235. The average molecular weight is 192 g/mol. The second-order valence-electron chi connectivity index (χ2n) is 1.99. The number of halogens is 2. The molecule has 3 nitrogen and oxygen atoms in total. The van der Waals surface area contributed by atoms with Crippen LogP contribution < -0.4 is 5.73 Å². The molecule has 11 heavy (non-hydrogen) atoms. The van der Waals surface area contributed by atoms with Crippen molar-refractivity contribution in [1.29, 1.82) is 0 Å². The van der Waals surface area contributed by atoms with Gasteiger partial charge in [0.15, 0.2) is 0 Å². The maximum atomic E-state index is 5.41. The molecule has 0 amide bonds. The lowest BCUT2D eigenvalue weighted by molar-refractivity contribution is 0.702. The Bertz CT molecular complexity index is 263. The van der Waals surface area contributed by atoms with Crippen LogP contribution in [0.2, 0.25) is 0 Å². The molecular weight excluding hydrogens is 185 g/mol. The van der Waals surface area contributed by atoms with E-state index in [9.17, 15) is 0 Å². The molecule has 0 spiro atoms. The number of nitrogen functional groups attached to an aromatic ring is 1. The average Bonchev–Trinajstić information content (AvgIpc) is 2.31. The van der Waals surface area contributed by atoms with E-state index in [0.29, 0.717) is 12.2 Å². The molecule has 0 unspecified atom stereocenters. The lowest BCUT2D eigenvalue weighted by atomic mass is 10.6. The lowest BCUT2D eigenvalue weighted by Crippen LogP contribution is -1.94. The predicted octanol–water partition coefficient (Wildman–Crippen LogP) is 1.78. The smallest absolute Gasteiger partial charge is 0.104 e. The van der Waals surface area contributed by atoms with Crippen LogP contribution in [0.5, 0.6) is 0 Å². The number of nitrogens with two attached hydrogens (primary N) is 1. The first-order valence-electron chi connectivity index (χ1n) is 2.97. The zero-order valence-corrected chi connectivity index (χ0v) is 7.18. The SMILES string of the molecule is Nc1cnn(CC=C(Cl)Cl)c1. The molecule has 0 saturated heterocycles. The van der Waals surface area contributed by atoms with Crippen molar-refractivity contribution in [2.24, 2.45) is 0 Å². The van der Waals surface area contributed by atoms with Crippen LogP contribution in [0.15, 0.2) is 23.0 Å². The van der Waals surface area contributed by atoms with Gasteiger partial charge in [-0.05, 0) is 6.08 Å². The largest absolute Gasteiger partial charge is 0.396 e. The molecule has 1 aromatic rings. The van der Waals surface area contributed by atoms with Gasteiger partial charge in [-0.25, -0.2) is 0 Å². The third-order valence-electron chi connectivity index (χ3n) is 1.09. The van der Waals surface area contributed by atoms with E-state index in [1.807, 2.05) is 0 Å². The molecule has 0 atom stereocenters. The zero-order valence-electron chi connectivity index (χ0n) is 5.67. The van der Waals surface area contributed by atoms with Crippen molar-refractivity contribution in [2.45, 2.75) is 6.54 Å². The van der Waals surface area contributed by atoms with Gasteiger partial charge >= 0.3 is 0 Å². The molecule has 1 rings (SSSR count). The fraction of sp³-hybridized carbons (Fsp3) is 0.167. The molecule has 1 heterocycles. The highest BCUT2D eigenvalue weighted by molar-refractivity contribution is 6.55. The lowest BCUT2D eigenvalue weighted by Gasteiger charge is -1.92. The van der Waals surface area contributed by atoms with Gasteiger partial charge in [0.25, 0.3) is 0 Å². The van der Waals surface area contributed by atoms with E-state index >= 15 is 0 Å².